The van der Waals surface area contributed by atoms with Gasteiger partial charge in [0.15, 0.2) is 0 Å². The second kappa shape index (κ2) is 6.52. The number of aromatic nitrogens is 2. The van der Waals surface area contributed by atoms with Crippen LogP contribution in [0.1, 0.15) is 18.9 Å². The molecule has 0 fully saturated rings. The molecule has 2 rings (SSSR count). The van der Waals surface area contributed by atoms with E-state index in [0.717, 1.165) is 28.8 Å². The van der Waals surface area contributed by atoms with Crippen LogP contribution in [0.4, 0.5) is 5.95 Å². The van der Waals surface area contributed by atoms with E-state index in [9.17, 15) is 0 Å². The highest BCUT2D eigenvalue weighted by molar-refractivity contribution is 9.10. The number of hydrogen-bond acceptors (Lipinski definition) is 4. The summed E-state index contributed by atoms with van der Waals surface area (Å²) >= 11 is 3.43. The summed E-state index contributed by atoms with van der Waals surface area (Å²) in [6, 6.07) is 7.62. The molecule has 2 aromatic rings. The molecule has 0 saturated carbocycles. The fourth-order valence-electron chi connectivity index (χ4n) is 1.56. The zero-order valence-electron chi connectivity index (χ0n) is 11.0. The summed E-state index contributed by atoms with van der Waals surface area (Å²) in [5, 5.41) is 3.13. The van der Waals surface area contributed by atoms with Crippen molar-refractivity contribution in [3.8, 4) is 11.6 Å². The average molecular weight is 322 g/mol. The van der Waals surface area contributed by atoms with Gasteiger partial charge in [0.2, 0.25) is 11.8 Å². The Morgan fingerprint density at radius 2 is 2.16 bits per heavy atom. The summed E-state index contributed by atoms with van der Waals surface area (Å²) in [6.07, 6.45) is 2.72. The third kappa shape index (κ3) is 3.92. The molecule has 0 amide bonds. The maximum absolute atomic E-state index is 5.77. The standard InChI is InChI=1S/C14H16BrN3O/c1-3-7-16-14-17-8-6-13(18-14)19-12-5-4-11(15)9-10(12)2/h4-6,8-9H,3,7H2,1-2H3,(H,16,17,18). The molecule has 5 heteroatoms. The Morgan fingerprint density at radius 1 is 1.32 bits per heavy atom. The van der Waals surface area contributed by atoms with Gasteiger partial charge in [-0.25, -0.2) is 4.98 Å². The molecule has 0 saturated heterocycles. The molecule has 1 aromatic heterocycles. The molecule has 1 heterocycles. The van der Waals surface area contributed by atoms with Crippen molar-refractivity contribution in [3.05, 3.63) is 40.5 Å². The van der Waals surface area contributed by atoms with Gasteiger partial charge < -0.3 is 10.1 Å². The Morgan fingerprint density at radius 3 is 2.89 bits per heavy atom. The number of benzene rings is 1. The molecule has 100 valence electrons. The van der Waals surface area contributed by atoms with Gasteiger partial charge in [0.05, 0.1) is 0 Å². The number of hydrogen-bond donors (Lipinski definition) is 1. The van der Waals surface area contributed by atoms with Crippen LogP contribution in [0.3, 0.4) is 0 Å². The predicted molar refractivity (Wildman–Crippen MR) is 79.8 cm³/mol. The first-order valence-electron chi connectivity index (χ1n) is 6.20. The van der Waals surface area contributed by atoms with Crippen molar-refractivity contribution in [1.82, 2.24) is 9.97 Å². The number of nitrogens with zero attached hydrogens (tertiary/aromatic N) is 2. The van der Waals surface area contributed by atoms with Crippen molar-refractivity contribution in [2.45, 2.75) is 20.3 Å². The Kier molecular flexibility index (Phi) is 4.74. The van der Waals surface area contributed by atoms with Gasteiger partial charge in [-0.3, -0.25) is 0 Å². The highest BCUT2D eigenvalue weighted by Crippen LogP contribution is 2.26. The first-order valence-corrected chi connectivity index (χ1v) is 6.99. The fourth-order valence-corrected chi connectivity index (χ4v) is 2.04. The minimum atomic E-state index is 0.541. The van der Waals surface area contributed by atoms with Crippen molar-refractivity contribution in [1.29, 1.82) is 0 Å². The zero-order valence-corrected chi connectivity index (χ0v) is 12.6. The van der Waals surface area contributed by atoms with Gasteiger partial charge in [-0.15, -0.1) is 0 Å². The Balaban J connectivity index is 2.14. The van der Waals surface area contributed by atoms with E-state index >= 15 is 0 Å². The van der Waals surface area contributed by atoms with Gasteiger partial charge >= 0.3 is 0 Å². The molecule has 0 aliphatic heterocycles. The quantitative estimate of drug-likeness (QED) is 0.898. The first-order chi connectivity index (χ1) is 9.19. The molecule has 0 unspecified atom stereocenters. The van der Waals surface area contributed by atoms with Crippen LogP contribution in [0.5, 0.6) is 11.6 Å². The third-order valence-corrected chi connectivity index (χ3v) is 3.01. The van der Waals surface area contributed by atoms with Crippen LogP contribution in [0.15, 0.2) is 34.9 Å². The number of halogens is 1. The first kappa shape index (κ1) is 13.8. The van der Waals surface area contributed by atoms with E-state index in [0.29, 0.717) is 11.8 Å². The normalized spacial score (nSPS) is 10.3. The molecular formula is C14H16BrN3O. The number of nitrogens with one attached hydrogen (secondary N) is 1. The van der Waals surface area contributed by atoms with Crippen molar-refractivity contribution in [3.63, 3.8) is 0 Å². The molecule has 4 nitrogen and oxygen atoms in total. The molecule has 0 radical (unpaired) electrons. The lowest BCUT2D eigenvalue weighted by Gasteiger charge is -2.09. The van der Waals surface area contributed by atoms with Gasteiger partial charge in [-0.1, -0.05) is 22.9 Å². The number of rotatable bonds is 5. The molecular weight excluding hydrogens is 306 g/mol. The van der Waals surface area contributed by atoms with Crippen LogP contribution in [-0.2, 0) is 0 Å². The van der Waals surface area contributed by atoms with Gasteiger partial charge in [0.25, 0.3) is 0 Å². The Labute approximate surface area is 121 Å². The molecule has 0 atom stereocenters. The van der Waals surface area contributed by atoms with Gasteiger partial charge in [-0.2, -0.15) is 4.98 Å². The lowest BCUT2D eigenvalue weighted by Crippen LogP contribution is -2.04. The lowest BCUT2D eigenvalue weighted by molar-refractivity contribution is 0.458. The van der Waals surface area contributed by atoms with Crippen molar-refractivity contribution in [2.24, 2.45) is 0 Å². The largest absolute Gasteiger partial charge is 0.439 e. The summed E-state index contributed by atoms with van der Waals surface area (Å²) in [6.45, 7) is 4.94. The van der Waals surface area contributed by atoms with E-state index in [4.69, 9.17) is 4.74 Å². The average Bonchev–Trinajstić information content (AvgIpc) is 2.40. The monoisotopic (exact) mass is 321 g/mol. The molecule has 0 spiro atoms. The van der Waals surface area contributed by atoms with Gasteiger partial charge in [0, 0.05) is 23.3 Å². The molecule has 1 N–H and O–H groups in total. The van der Waals surface area contributed by atoms with E-state index < -0.39 is 0 Å². The summed E-state index contributed by atoms with van der Waals surface area (Å²) < 4.78 is 6.81. The summed E-state index contributed by atoms with van der Waals surface area (Å²) in [5.41, 5.74) is 1.05. The second-order valence-corrected chi connectivity index (χ2v) is 5.07. The highest BCUT2D eigenvalue weighted by atomic mass is 79.9. The van der Waals surface area contributed by atoms with Crippen LogP contribution in [0.2, 0.25) is 0 Å². The van der Waals surface area contributed by atoms with Gasteiger partial charge in [0.1, 0.15) is 5.75 Å². The maximum Gasteiger partial charge on any atom is 0.225 e. The molecule has 0 aliphatic rings. The minimum absolute atomic E-state index is 0.541. The van der Waals surface area contributed by atoms with E-state index in [1.807, 2.05) is 25.1 Å². The number of ether oxygens (including phenoxy) is 1. The SMILES string of the molecule is CCCNc1nccc(Oc2ccc(Br)cc2C)n1. The van der Waals surface area contributed by atoms with Crippen LogP contribution in [0, 0.1) is 6.92 Å². The van der Waals surface area contributed by atoms with E-state index in [2.05, 4.69) is 38.1 Å². The molecule has 1 aromatic carbocycles. The van der Waals surface area contributed by atoms with Crippen LogP contribution in [0.25, 0.3) is 0 Å². The Hall–Kier alpha value is -1.62. The molecule has 0 bridgehead atoms. The minimum Gasteiger partial charge on any atom is -0.439 e. The topological polar surface area (TPSA) is 47.0 Å². The summed E-state index contributed by atoms with van der Waals surface area (Å²) in [5.74, 6) is 1.93. The maximum atomic E-state index is 5.77. The van der Waals surface area contributed by atoms with E-state index in [1.54, 1.807) is 12.3 Å². The van der Waals surface area contributed by atoms with Crippen molar-refractivity contribution < 1.29 is 4.74 Å². The van der Waals surface area contributed by atoms with Crippen LogP contribution >= 0.6 is 15.9 Å². The van der Waals surface area contributed by atoms with E-state index in [-0.39, 0.29) is 0 Å². The van der Waals surface area contributed by atoms with E-state index in [1.165, 1.54) is 0 Å². The second-order valence-electron chi connectivity index (χ2n) is 4.16. The third-order valence-electron chi connectivity index (χ3n) is 2.51. The van der Waals surface area contributed by atoms with Crippen molar-refractivity contribution >= 4 is 21.9 Å². The number of anilines is 1. The Bertz CT molecular complexity index is 560. The zero-order chi connectivity index (χ0) is 13.7. The van der Waals surface area contributed by atoms with Gasteiger partial charge in [-0.05, 0) is 37.1 Å². The lowest BCUT2D eigenvalue weighted by atomic mass is 10.2. The summed E-state index contributed by atoms with van der Waals surface area (Å²) in [4.78, 5) is 8.46. The van der Waals surface area contributed by atoms with Crippen molar-refractivity contribution in [2.75, 3.05) is 11.9 Å². The molecule has 0 aliphatic carbocycles. The van der Waals surface area contributed by atoms with Crippen LogP contribution in [-0.4, -0.2) is 16.5 Å². The smallest absolute Gasteiger partial charge is 0.225 e. The highest BCUT2D eigenvalue weighted by Gasteiger charge is 2.04. The fraction of sp³-hybridized carbons (Fsp3) is 0.286. The number of aryl methyl sites for hydroxylation is 1. The molecule has 19 heavy (non-hydrogen) atoms. The predicted octanol–water partition coefficient (Wildman–Crippen LogP) is 4.16. The van der Waals surface area contributed by atoms with Crippen LogP contribution < -0.4 is 10.1 Å². The summed E-state index contributed by atoms with van der Waals surface area (Å²) in [7, 11) is 0.